The normalized spacial score (nSPS) is 11.4. The molecule has 0 atom stereocenters. The molecule has 0 spiro atoms. The number of hydrogen-bond acceptors (Lipinski definition) is 3. The molecule has 0 radical (unpaired) electrons. The molecule has 0 heterocycles. The molecule has 0 saturated carbocycles. The fourth-order valence-corrected chi connectivity index (χ4v) is 4.87. The molecule has 5 rings (SSSR count). The fourth-order valence-electron chi connectivity index (χ4n) is 4.87. The summed E-state index contributed by atoms with van der Waals surface area (Å²) in [4.78, 5) is 4.87. The van der Waals surface area contributed by atoms with Crippen molar-refractivity contribution in [3.63, 3.8) is 0 Å². The van der Waals surface area contributed by atoms with Crippen LogP contribution in [-0.2, 0) is 21.0 Å². The van der Waals surface area contributed by atoms with Gasteiger partial charge in [0.05, 0.1) is 5.69 Å². The molecular formula is C36H31NO2V. The number of nitrogens with zero attached hydrogens (tertiary/aromatic N) is 1. The number of benzene rings is 5. The second-order valence-electron chi connectivity index (χ2n) is 9.57. The molecular weight excluding hydrogens is 529 g/mol. The molecule has 0 aliphatic rings. The summed E-state index contributed by atoms with van der Waals surface area (Å²) in [6.45, 7) is 6.06. The van der Waals surface area contributed by atoms with Crippen LogP contribution in [0.25, 0.3) is 39.1 Å². The van der Waals surface area contributed by atoms with Crippen molar-refractivity contribution in [2.24, 2.45) is 4.99 Å². The zero-order chi connectivity index (χ0) is 28.5. The van der Waals surface area contributed by atoms with Crippen molar-refractivity contribution >= 4 is 17.2 Å². The van der Waals surface area contributed by atoms with Crippen LogP contribution in [0.4, 0.5) is 5.69 Å². The van der Waals surface area contributed by atoms with E-state index >= 15 is 0 Å². The van der Waals surface area contributed by atoms with Crippen LogP contribution in [0.1, 0.15) is 23.6 Å². The van der Waals surface area contributed by atoms with E-state index in [9.17, 15) is 5.11 Å². The van der Waals surface area contributed by atoms with Crippen molar-refractivity contribution in [1.29, 1.82) is 0 Å². The number of para-hydroxylation sites is 1. The third-order valence-electron chi connectivity index (χ3n) is 6.74. The predicted molar refractivity (Wildman–Crippen MR) is 163 cm³/mol. The molecule has 0 aliphatic carbocycles. The first-order valence-corrected chi connectivity index (χ1v) is 13.6. The Balaban J connectivity index is 0.00000181. The summed E-state index contributed by atoms with van der Waals surface area (Å²) in [5.74, 6) is 0.190. The molecule has 5 aromatic carbocycles. The van der Waals surface area contributed by atoms with Crippen molar-refractivity contribution < 1.29 is 26.1 Å². The average molecular weight is 561 g/mol. The van der Waals surface area contributed by atoms with Gasteiger partial charge in [0.15, 0.2) is 0 Å². The maximum absolute atomic E-state index is 11.7. The zero-order valence-corrected chi connectivity index (χ0v) is 24.3. The number of rotatable bonds is 6. The van der Waals surface area contributed by atoms with Crippen LogP contribution >= 0.6 is 0 Å². The fraction of sp³-hybridized carbons (Fsp3) is 0.0833. The maximum atomic E-state index is 11.7. The van der Waals surface area contributed by atoms with Crippen molar-refractivity contribution in [1.82, 2.24) is 0 Å². The summed E-state index contributed by atoms with van der Waals surface area (Å²) in [6, 6.07) is 41.4. The first kappa shape index (κ1) is 28.7. The van der Waals surface area contributed by atoms with Gasteiger partial charge in [-0.15, -0.1) is 0 Å². The van der Waals surface area contributed by atoms with E-state index in [1.165, 1.54) is 0 Å². The summed E-state index contributed by atoms with van der Waals surface area (Å²) in [7, 11) is 0. The van der Waals surface area contributed by atoms with Crippen LogP contribution in [0, 0.1) is 13.8 Å². The van der Waals surface area contributed by atoms with Crippen molar-refractivity contribution in [3.8, 4) is 33.4 Å². The number of aliphatic hydroxyl groups is 1. The Morgan fingerprint density at radius 1 is 0.625 bits per heavy atom. The van der Waals surface area contributed by atoms with E-state index in [1.54, 1.807) is 6.08 Å². The average Bonchev–Trinajstić information content (AvgIpc) is 3.00. The first-order valence-electron chi connectivity index (χ1n) is 13.1. The third kappa shape index (κ3) is 6.63. The molecule has 0 fully saturated rings. The monoisotopic (exact) mass is 560 g/mol. The Hall–Kier alpha value is -4.31. The molecule has 0 aromatic heterocycles. The van der Waals surface area contributed by atoms with E-state index in [0.717, 1.165) is 78.8 Å². The van der Waals surface area contributed by atoms with Gasteiger partial charge in [-0.2, -0.15) is 0 Å². The summed E-state index contributed by atoms with van der Waals surface area (Å²) in [5, 5.41) is 11.7. The van der Waals surface area contributed by atoms with E-state index in [4.69, 9.17) is 8.67 Å². The molecule has 40 heavy (non-hydrogen) atoms. The van der Waals surface area contributed by atoms with Gasteiger partial charge in [0, 0.05) is 17.4 Å². The van der Waals surface area contributed by atoms with Crippen molar-refractivity contribution in [2.45, 2.75) is 20.8 Å². The first-order chi connectivity index (χ1) is 19.5. The summed E-state index contributed by atoms with van der Waals surface area (Å²) in [6.07, 6.45) is 1.78. The van der Waals surface area contributed by atoms with Gasteiger partial charge >= 0.3 is 21.0 Å². The molecule has 0 aliphatic heterocycles. The van der Waals surface area contributed by atoms with Crippen molar-refractivity contribution in [2.75, 3.05) is 0 Å². The topological polar surface area (TPSA) is 49.7 Å². The van der Waals surface area contributed by atoms with Gasteiger partial charge in [0.25, 0.3) is 0 Å². The van der Waals surface area contributed by atoms with E-state index in [-0.39, 0.29) is 5.76 Å². The van der Waals surface area contributed by atoms with Crippen LogP contribution < -0.4 is 0 Å². The molecule has 0 unspecified atom stereocenters. The van der Waals surface area contributed by atoms with Gasteiger partial charge < -0.3 is 5.11 Å². The minimum absolute atomic E-state index is 0.190. The zero-order valence-electron chi connectivity index (χ0n) is 22.9. The van der Waals surface area contributed by atoms with Crippen LogP contribution in [0.5, 0.6) is 0 Å². The second-order valence-corrected chi connectivity index (χ2v) is 9.57. The van der Waals surface area contributed by atoms with Crippen molar-refractivity contribution in [3.05, 3.63) is 144 Å². The van der Waals surface area contributed by atoms with Gasteiger partial charge in [-0.3, -0.25) is 4.99 Å². The van der Waals surface area contributed by atoms with Gasteiger partial charge in [-0.25, -0.2) is 0 Å². The number of aliphatic hydroxyl groups excluding tert-OH is 1. The SMILES string of the molecule is CC(/C=C(\O)c1c(-c2ccccc2)cc(-c2ccccc2)cc1-c1ccccc1)=Nc1c(C)cccc1C.[O]=[V]. The van der Waals surface area contributed by atoms with Crippen LogP contribution in [0.15, 0.2) is 132 Å². The van der Waals surface area contributed by atoms with E-state index in [1.807, 2.05) is 55.5 Å². The molecule has 0 amide bonds. The Morgan fingerprint density at radius 3 is 1.50 bits per heavy atom. The molecule has 4 heteroatoms. The van der Waals surface area contributed by atoms with Gasteiger partial charge in [0.2, 0.25) is 0 Å². The standard InChI is InChI=1S/C36H31NO.O.V/c1-25-14-13-15-26(2)36(25)37-27(3)22-34(38)35-32(29-18-9-5-10-19-29)23-31(28-16-7-4-8-17-28)24-33(35)30-20-11-6-12-21-30;;/h4-24,38H,1-3H3;;/b34-22-,37-27?;;. The van der Waals surface area contributed by atoms with E-state index < -0.39 is 0 Å². The van der Waals surface area contributed by atoms with E-state index in [2.05, 4.69) is 86.6 Å². The molecule has 1 N–H and O–H groups in total. The molecule has 5 aromatic rings. The summed E-state index contributed by atoms with van der Waals surface area (Å²) in [5.41, 5.74) is 11.0. The van der Waals surface area contributed by atoms with Gasteiger partial charge in [0.1, 0.15) is 5.76 Å². The van der Waals surface area contributed by atoms with Gasteiger partial charge in [-0.1, -0.05) is 109 Å². The van der Waals surface area contributed by atoms with E-state index in [0.29, 0.717) is 0 Å². The Labute approximate surface area is 245 Å². The molecule has 0 bridgehead atoms. The number of allylic oxidation sites excluding steroid dienone is 1. The van der Waals surface area contributed by atoms with Crippen LogP contribution in [-0.4, -0.2) is 10.8 Å². The van der Waals surface area contributed by atoms with Crippen LogP contribution in [0.2, 0.25) is 0 Å². The number of aliphatic imine (C=N–C) groups is 1. The molecule has 197 valence electrons. The third-order valence-corrected chi connectivity index (χ3v) is 6.74. The predicted octanol–water partition coefficient (Wildman–Crippen LogP) is 9.87. The Morgan fingerprint density at radius 2 is 1.05 bits per heavy atom. The Kier molecular flexibility index (Phi) is 9.80. The summed E-state index contributed by atoms with van der Waals surface area (Å²) >= 11 is 1.06. The number of aryl methyl sites for hydroxylation is 2. The Bertz CT molecular complexity index is 1560. The minimum atomic E-state index is 0.190. The number of hydrogen-bond donors (Lipinski definition) is 1. The summed E-state index contributed by atoms with van der Waals surface area (Å²) < 4.78 is 8.19. The second kappa shape index (κ2) is 13.7. The molecule has 3 nitrogen and oxygen atoms in total. The van der Waals surface area contributed by atoms with Gasteiger partial charge in [-0.05, 0) is 77.4 Å². The molecule has 0 saturated heterocycles. The van der Waals surface area contributed by atoms with Crippen LogP contribution in [0.3, 0.4) is 0 Å². The quantitative estimate of drug-likeness (QED) is 0.166.